The predicted molar refractivity (Wildman–Crippen MR) is 212 cm³/mol. The van der Waals surface area contributed by atoms with Gasteiger partial charge in [-0.25, -0.2) is 17.6 Å². The molecule has 0 aliphatic rings. The van der Waals surface area contributed by atoms with Crippen molar-refractivity contribution >= 4 is 60.9 Å². The number of hydrogen-bond acceptors (Lipinski definition) is 8. The number of aromatic nitrogens is 3. The molecule has 0 amide bonds. The van der Waals surface area contributed by atoms with E-state index in [1.807, 2.05) is 31.2 Å². The average molecular weight is 812 g/mol. The number of benzene rings is 4. The molecule has 0 fully saturated rings. The van der Waals surface area contributed by atoms with E-state index in [0.29, 0.717) is 75.3 Å². The number of esters is 1. The third-order valence-corrected chi connectivity index (χ3v) is 12.0. The molecule has 0 atom stereocenters. The number of alkyl halides is 1. The average Bonchev–Trinajstić information content (AvgIpc) is 3.68. The number of carbonyl (C=O) groups excluding carboxylic acids is 1. The van der Waals surface area contributed by atoms with E-state index < -0.39 is 21.2 Å². The number of halogens is 3. The molecule has 0 radical (unpaired) electrons. The summed E-state index contributed by atoms with van der Waals surface area (Å²) in [7, 11) is 0.807. The smallest absolute Gasteiger partial charge is 0.355 e. The lowest BCUT2D eigenvalue weighted by molar-refractivity contribution is 0.0519. The minimum Gasteiger partial charge on any atom is -0.497 e. The lowest BCUT2D eigenvalue weighted by Gasteiger charge is -2.22. The maximum atomic E-state index is 13.8. The second-order valence-corrected chi connectivity index (χ2v) is 15.8. The molecular formula is C40H41Cl2FN4O7S. The van der Waals surface area contributed by atoms with Gasteiger partial charge in [-0.15, -0.1) is 11.6 Å². The van der Waals surface area contributed by atoms with Crippen molar-refractivity contribution in [2.45, 2.75) is 39.8 Å². The van der Waals surface area contributed by atoms with Crippen LogP contribution in [0.4, 0.5) is 4.39 Å². The van der Waals surface area contributed by atoms with Gasteiger partial charge in [0.25, 0.3) is 0 Å². The molecule has 0 aliphatic carbocycles. The largest absolute Gasteiger partial charge is 0.497 e. The maximum Gasteiger partial charge on any atom is 0.355 e. The summed E-state index contributed by atoms with van der Waals surface area (Å²) in [4.78, 5) is 16.7. The van der Waals surface area contributed by atoms with Crippen molar-refractivity contribution in [3.63, 3.8) is 0 Å². The molecule has 6 rings (SSSR count). The number of rotatable bonds is 16. The molecule has 0 saturated carbocycles. The van der Waals surface area contributed by atoms with E-state index >= 15 is 0 Å². The van der Waals surface area contributed by atoms with E-state index in [-0.39, 0.29) is 31.2 Å². The number of methoxy groups -OCH3 is 2. The van der Waals surface area contributed by atoms with E-state index in [4.69, 9.17) is 47.2 Å². The van der Waals surface area contributed by atoms with E-state index in [1.165, 1.54) is 30.7 Å². The Morgan fingerprint density at radius 2 is 1.76 bits per heavy atom. The normalized spacial score (nSPS) is 11.8. The van der Waals surface area contributed by atoms with Crippen molar-refractivity contribution in [3.8, 4) is 28.4 Å². The Hall–Kier alpha value is -4.82. The van der Waals surface area contributed by atoms with Gasteiger partial charge in [0.2, 0.25) is 10.0 Å². The summed E-state index contributed by atoms with van der Waals surface area (Å²) in [6, 6.07) is 18.8. The molecule has 11 nitrogen and oxygen atoms in total. The molecule has 55 heavy (non-hydrogen) atoms. The number of nitrogens with one attached hydrogen (secondary N) is 1. The van der Waals surface area contributed by atoms with Crippen LogP contribution in [0, 0.1) is 12.7 Å². The Morgan fingerprint density at radius 3 is 2.49 bits per heavy atom. The van der Waals surface area contributed by atoms with Crippen LogP contribution < -0.4 is 14.2 Å². The highest BCUT2D eigenvalue weighted by Gasteiger charge is 2.30. The van der Waals surface area contributed by atoms with Gasteiger partial charge in [-0.2, -0.15) is 9.40 Å². The number of fused-ring (bicyclic) bond motifs is 2. The Labute approximate surface area is 328 Å². The third kappa shape index (κ3) is 8.25. The van der Waals surface area contributed by atoms with Gasteiger partial charge in [0.05, 0.1) is 50.2 Å². The third-order valence-electron chi connectivity index (χ3n) is 9.50. The predicted octanol–water partition coefficient (Wildman–Crippen LogP) is 8.56. The number of nitrogens with zero attached hydrogens (tertiary/aromatic N) is 3. The molecule has 0 unspecified atom stereocenters. The molecule has 0 saturated heterocycles. The van der Waals surface area contributed by atoms with Crippen LogP contribution >= 0.6 is 23.2 Å². The fourth-order valence-corrected chi connectivity index (χ4v) is 8.19. The first kappa shape index (κ1) is 39.9. The fraction of sp³-hybridized carbons (Fsp3) is 0.300. The SMILES string of the molecule is CCOC(=O)c1[nH]c2c(-c3c(CN(Cc4ccc(OC)cc4OC)S(=O)(=O)CCl)nn(C)c3C)c(Cl)ccc2c1CCCOc1cccc2cc(F)ccc12. The van der Waals surface area contributed by atoms with Gasteiger partial charge in [-0.3, -0.25) is 4.68 Å². The zero-order valence-electron chi connectivity index (χ0n) is 31.0. The molecule has 4 aromatic carbocycles. The van der Waals surface area contributed by atoms with E-state index in [9.17, 15) is 17.6 Å². The topological polar surface area (TPSA) is 125 Å². The molecule has 290 valence electrons. The summed E-state index contributed by atoms with van der Waals surface area (Å²) in [5.74, 6) is 0.786. The lowest BCUT2D eigenvalue weighted by Crippen LogP contribution is -2.31. The molecular weight excluding hydrogens is 770 g/mol. The maximum absolute atomic E-state index is 13.8. The summed E-state index contributed by atoms with van der Waals surface area (Å²) in [6.45, 7) is 3.88. The van der Waals surface area contributed by atoms with Gasteiger partial charge in [-0.05, 0) is 74.0 Å². The molecule has 0 aliphatic heterocycles. The van der Waals surface area contributed by atoms with Crippen LogP contribution in [0.25, 0.3) is 32.8 Å². The number of carbonyl (C=O) groups is 1. The molecule has 6 aromatic rings. The zero-order valence-corrected chi connectivity index (χ0v) is 33.4. The van der Waals surface area contributed by atoms with Crippen molar-refractivity contribution in [1.82, 2.24) is 19.1 Å². The van der Waals surface area contributed by atoms with Gasteiger partial charge < -0.3 is 23.9 Å². The van der Waals surface area contributed by atoms with Crippen LogP contribution in [0.15, 0.2) is 66.7 Å². The number of hydrogen-bond donors (Lipinski definition) is 1. The summed E-state index contributed by atoms with van der Waals surface area (Å²) in [5, 5.41) is 6.74. The summed E-state index contributed by atoms with van der Waals surface area (Å²) in [5.41, 5.74) is 4.47. The molecule has 2 aromatic heterocycles. The zero-order chi connectivity index (χ0) is 39.4. The molecule has 0 spiro atoms. The molecule has 0 bridgehead atoms. The summed E-state index contributed by atoms with van der Waals surface area (Å²) >= 11 is 13.0. The first-order chi connectivity index (χ1) is 26.4. The van der Waals surface area contributed by atoms with Gasteiger partial charge in [0.1, 0.15) is 34.0 Å². The number of ether oxygens (including phenoxy) is 4. The van der Waals surface area contributed by atoms with Crippen molar-refractivity contribution < 1.29 is 36.6 Å². The van der Waals surface area contributed by atoms with Gasteiger partial charge in [-0.1, -0.05) is 35.9 Å². The van der Waals surface area contributed by atoms with Crippen LogP contribution in [0.1, 0.15) is 46.3 Å². The monoisotopic (exact) mass is 810 g/mol. The van der Waals surface area contributed by atoms with Crippen LogP contribution in [0.5, 0.6) is 17.2 Å². The first-order valence-electron chi connectivity index (χ1n) is 17.5. The number of aryl methyl sites for hydroxylation is 2. The number of sulfonamides is 1. The van der Waals surface area contributed by atoms with E-state index in [0.717, 1.165) is 21.7 Å². The summed E-state index contributed by atoms with van der Waals surface area (Å²) < 4.78 is 66.3. The van der Waals surface area contributed by atoms with E-state index in [1.54, 1.807) is 49.0 Å². The minimum atomic E-state index is -3.99. The Balaban J connectivity index is 1.38. The fourth-order valence-electron chi connectivity index (χ4n) is 6.73. The van der Waals surface area contributed by atoms with Crippen LogP contribution in [0.2, 0.25) is 5.02 Å². The second-order valence-electron chi connectivity index (χ2n) is 12.8. The Kier molecular flexibility index (Phi) is 12.3. The first-order valence-corrected chi connectivity index (χ1v) is 20.0. The van der Waals surface area contributed by atoms with Gasteiger partial charge in [0, 0.05) is 52.8 Å². The molecule has 1 N–H and O–H groups in total. The van der Waals surface area contributed by atoms with Crippen LogP contribution in [-0.4, -0.2) is 66.1 Å². The Morgan fingerprint density at radius 1 is 0.982 bits per heavy atom. The van der Waals surface area contributed by atoms with Crippen LogP contribution in [0.3, 0.4) is 0 Å². The van der Waals surface area contributed by atoms with Gasteiger partial charge in [0.15, 0.2) is 0 Å². The summed E-state index contributed by atoms with van der Waals surface area (Å²) in [6.07, 6.45) is 0.977. The quantitative estimate of drug-likeness (QED) is 0.0586. The highest BCUT2D eigenvalue weighted by molar-refractivity contribution is 7.90. The standard InChI is InChI=1S/C40H41Cl2FN4O7S/c1-6-53-40(48)39-30(10-8-18-54-34-11-7-9-25-19-27(43)13-15-29(25)34)31-16-17-32(42)37(38(31)44-39)36-24(2)46(3)45-33(36)22-47(55(49,50)23-41)21-26-12-14-28(51-4)20-35(26)52-5/h7,9,11-17,19-20,44H,6,8,10,18,21-23H2,1-5H3. The van der Waals surface area contributed by atoms with Crippen molar-refractivity contribution in [2.75, 3.05) is 32.6 Å². The Bertz CT molecular complexity index is 2490. The second kappa shape index (κ2) is 16.9. The highest BCUT2D eigenvalue weighted by Crippen LogP contribution is 2.41. The molecule has 15 heteroatoms. The highest BCUT2D eigenvalue weighted by atomic mass is 35.5. The lowest BCUT2D eigenvalue weighted by atomic mass is 9.98. The number of H-pyrrole nitrogens is 1. The minimum absolute atomic E-state index is 0.0629. The van der Waals surface area contributed by atoms with Crippen molar-refractivity contribution in [1.29, 1.82) is 0 Å². The van der Waals surface area contributed by atoms with E-state index in [2.05, 4.69) is 4.98 Å². The van der Waals surface area contributed by atoms with Crippen LogP contribution in [-0.2, 0) is 41.3 Å². The van der Waals surface area contributed by atoms with Crippen molar-refractivity contribution in [3.05, 3.63) is 106 Å². The molecule has 2 heterocycles. The number of aromatic amines is 1. The van der Waals surface area contributed by atoms with Crippen molar-refractivity contribution in [2.24, 2.45) is 7.05 Å². The van der Waals surface area contributed by atoms with Gasteiger partial charge >= 0.3 is 5.97 Å².